The number of hydrogen-bond donors (Lipinski definition) is 1. The van der Waals surface area contributed by atoms with E-state index < -0.39 is 10.0 Å². The van der Waals surface area contributed by atoms with Crippen molar-refractivity contribution in [2.24, 2.45) is 5.14 Å². The number of furan rings is 1. The average Bonchev–Trinajstić information content (AvgIpc) is 2.67. The Morgan fingerprint density at radius 1 is 1.50 bits per heavy atom. The molecular weight excluding hydrogens is 324 g/mol. The van der Waals surface area contributed by atoms with Gasteiger partial charge in [0.05, 0.1) is 0 Å². The molecule has 0 fully saturated rings. The third-order valence-corrected chi connectivity index (χ3v) is 4.10. The third-order valence-electron chi connectivity index (χ3n) is 2.34. The number of amides is 1. The molecule has 102 valence electrons. The van der Waals surface area contributed by atoms with E-state index in [1.54, 1.807) is 4.90 Å². The zero-order chi connectivity index (χ0) is 13.9. The highest BCUT2D eigenvalue weighted by atomic mass is 79.9. The van der Waals surface area contributed by atoms with Gasteiger partial charge in [-0.25, -0.2) is 13.6 Å². The van der Waals surface area contributed by atoms with Gasteiger partial charge < -0.3 is 9.32 Å². The van der Waals surface area contributed by atoms with Crippen LogP contribution in [-0.4, -0.2) is 32.3 Å². The van der Waals surface area contributed by atoms with Gasteiger partial charge in [0, 0.05) is 19.2 Å². The standard InChI is InChI=1S/C10H15BrN2O4S/c1-3-5-13(4-2)10(14)7-6-8(9(11)17-7)18(12,15)16/h6H,3-5H2,1-2H3,(H2,12,15,16). The lowest BCUT2D eigenvalue weighted by Crippen LogP contribution is -2.31. The number of carbonyl (C=O) groups is 1. The van der Waals surface area contributed by atoms with Gasteiger partial charge in [0.1, 0.15) is 4.90 Å². The van der Waals surface area contributed by atoms with Crippen molar-refractivity contribution in [2.75, 3.05) is 13.1 Å². The van der Waals surface area contributed by atoms with E-state index in [9.17, 15) is 13.2 Å². The Labute approximate surface area is 114 Å². The van der Waals surface area contributed by atoms with Crippen LogP contribution in [0.3, 0.4) is 0 Å². The molecule has 0 aromatic carbocycles. The van der Waals surface area contributed by atoms with Crippen molar-refractivity contribution < 1.29 is 17.6 Å². The summed E-state index contributed by atoms with van der Waals surface area (Å²) in [5.74, 6) is -0.392. The molecule has 8 heteroatoms. The molecule has 0 unspecified atom stereocenters. The maximum atomic E-state index is 12.0. The molecule has 1 heterocycles. The van der Waals surface area contributed by atoms with Crippen LogP contribution < -0.4 is 5.14 Å². The number of sulfonamides is 1. The summed E-state index contributed by atoms with van der Waals surface area (Å²) in [6.45, 7) is 4.89. The Morgan fingerprint density at radius 2 is 2.11 bits per heavy atom. The van der Waals surface area contributed by atoms with E-state index in [0.29, 0.717) is 13.1 Å². The average molecular weight is 339 g/mol. The number of primary sulfonamides is 1. The number of hydrogen-bond acceptors (Lipinski definition) is 4. The monoisotopic (exact) mass is 338 g/mol. The predicted molar refractivity (Wildman–Crippen MR) is 69.6 cm³/mol. The first-order chi connectivity index (χ1) is 8.31. The van der Waals surface area contributed by atoms with Crippen LogP contribution in [0.2, 0.25) is 0 Å². The summed E-state index contributed by atoms with van der Waals surface area (Å²) < 4.78 is 27.5. The first-order valence-electron chi connectivity index (χ1n) is 5.42. The van der Waals surface area contributed by atoms with Crippen molar-refractivity contribution in [1.82, 2.24) is 4.90 Å². The van der Waals surface area contributed by atoms with Crippen LogP contribution in [-0.2, 0) is 10.0 Å². The first kappa shape index (κ1) is 15.2. The van der Waals surface area contributed by atoms with Crippen molar-refractivity contribution in [3.8, 4) is 0 Å². The SMILES string of the molecule is CCCN(CC)C(=O)c1cc(S(N)(=O)=O)c(Br)o1. The molecule has 1 aromatic rings. The molecule has 1 amide bonds. The zero-order valence-corrected chi connectivity index (χ0v) is 12.5. The summed E-state index contributed by atoms with van der Waals surface area (Å²) in [5.41, 5.74) is 0. The van der Waals surface area contributed by atoms with Gasteiger partial charge >= 0.3 is 0 Å². The zero-order valence-electron chi connectivity index (χ0n) is 10.1. The van der Waals surface area contributed by atoms with Crippen LogP contribution in [0.5, 0.6) is 0 Å². The fraction of sp³-hybridized carbons (Fsp3) is 0.500. The molecular formula is C10H15BrN2O4S. The van der Waals surface area contributed by atoms with Gasteiger partial charge in [0.2, 0.25) is 10.0 Å². The summed E-state index contributed by atoms with van der Waals surface area (Å²) in [4.78, 5) is 13.4. The fourth-order valence-corrected chi connectivity index (χ4v) is 2.98. The number of rotatable bonds is 5. The lowest BCUT2D eigenvalue weighted by molar-refractivity contribution is 0.0731. The largest absolute Gasteiger partial charge is 0.443 e. The molecule has 0 atom stereocenters. The van der Waals surface area contributed by atoms with E-state index in [1.165, 1.54) is 0 Å². The molecule has 0 aliphatic heterocycles. The van der Waals surface area contributed by atoms with E-state index in [2.05, 4.69) is 15.9 Å². The van der Waals surface area contributed by atoms with E-state index in [4.69, 9.17) is 9.56 Å². The number of carbonyl (C=O) groups excluding carboxylic acids is 1. The molecule has 18 heavy (non-hydrogen) atoms. The smallest absolute Gasteiger partial charge is 0.289 e. The minimum Gasteiger partial charge on any atom is -0.443 e. The Morgan fingerprint density at radius 3 is 2.50 bits per heavy atom. The fourth-order valence-electron chi connectivity index (χ4n) is 1.48. The number of nitrogens with two attached hydrogens (primary N) is 1. The topological polar surface area (TPSA) is 93.6 Å². The minimum absolute atomic E-state index is 0.0406. The van der Waals surface area contributed by atoms with Crippen molar-refractivity contribution in [3.63, 3.8) is 0 Å². The van der Waals surface area contributed by atoms with Gasteiger partial charge in [0.15, 0.2) is 10.4 Å². The molecule has 6 nitrogen and oxygen atoms in total. The van der Waals surface area contributed by atoms with E-state index >= 15 is 0 Å². The van der Waals surface area contributed by atoms with Crippen LogP contribution >= 0.6 is 15.9 Å². The molecule has 2 N–H and O–H groups in total. The van der Waals surface area contributed by atoms with Gasteiger partial charge in [0.25, 0.3) is 5.91 Å². The summed E-state index contributed by atoms with van der Waals surface area (Å²) in [6.07, 6.45) is 0.809. The van der Waals surface area contributed by atoms with Crippen LogP contribution in [0.25, 0.3) is 0 Å². The highest BCUT2D eigenvalue weighted by Gasteiger charge is 2.24. The van der Waals surface area contributed by atoms with Gasteiger partial charge in [-0.15, -0.1) is 0 Å². The van der Waals surface area contributed by atoms with E-state index in [0.717, 1.165) is 12.5 Å². The van der Waals surface area contributed by atoms with Gasteiger partial charge in [-0.3, -0.25) is 4.79 Å². The van der Waals surface area contributed by atoms with Crippen LogP contribution in [0.4, 0.5) is 0 Å². The number of nitrogens with zero attached hydrogens (tertiary/aromatic N) is 1. The summed E-state index contributed by atoms with van der Waals surface area (Å²) >= 11 is 2.93. The molecule has 0 bridgehead atoms. The maximum absolute atomic E-state index is 12.0. The Kier molecular flexibility index (Phi) is 4.94. The lowest BCUT2D eigenvalue weighted by atomic mass is 10.3. The van der Waals surface area contributed by atoms with E-state index in [1.807, 2.05) is 13.8 Å². The van der Waals surface area contributed by atoms with Crippen LogP contribution in [0.1, 0.15) is 30.8 Å². The second kappa shape index (κ2) is 5.85. The number of halogens is 1. The molecule has 0 aliphatic carbocycles. The highest BCUT2D eigenvalue weighted by molar-refractivity contribution is 9.10. The van der Waals surface area contributed by atoms with Crippen molar-refractivity contribution in [2.45, 2.75) is 25.2 Å². The Balaban J connectivity index is 3.08. The third kappa shape index (κ3) is 3.33. The van der Waals surface area contributed by atoms with Gasteiger partial charge in [-0.1, -0.05) is 6.92 Å². The van der Waals surface area contributed by atoms with Gasteiger partial charge in [-0.2, -0.15) is 0 Å². The predicted octanol–water partition coefficient (Wildman–Crippen LogP) is 1.56. The second-order valence-corrected chi connectivity index (χ2v) is 5.93. The molecule has 0 saturated heterocycles. The molecule has 0 saturated carbocycles. The Bertz CT molecular complexity index is 538. The summed E-state index contributed by atoms with van der Waals surface area (Å²) in [6, 6.07) is 1.14. The van der Waals surface area contributed by atoms with Crippen molar-refractivity contribution >= 4 is 31.9 Å². The molecule has 0 aliphatic rings. The second-order valence-electron chi connectivity index (χ2n) is 3.68. The molecule has 0 radical (unpaired) electrons. The maximum Gasteiger partial charge on any atom is 0.289 e. The lowest BCUT2D eigenvalue weighted by Gasteiger charge is -2.18. The van der Waals surface area contributed by atoms with Crippen LogP contribution in [0.15, 0.2) is 20.0 Å². The van der Waals surface area contributed by atoms with Gasteiger partial charge in [-0.05, 0) is 29.3 Å². The van der Waals surface area contributed by atoms with Crippen LogP contribution in [0, 0.1) is 0 Å². The molecule has 1 rings (SSSR count). The quantitative estimate of drug-likeness (QED) is 0.881. The highest BCUT2D eigenvalue weighted by Crippen LogP contribution is 2.25. The van der Waals surface area contributed by atoms with Crippen molar-refractivity contribution in [3.05, 3.63) is 16.5 Å². The Hall–Kier alpha value is -0.860. The first-order valence-corrected chi connectivity index (χ1v) is 7.76. The summed E-state index contributed by atoms with van der Waals surface area (Å²) in [5, 5.41) is 5.00. The normalized spacial score (nSPS) is 11.6. The molecule has 1 aromatic heterocycles. The van der Waals surface area contributed by atoms with Crippen molar-refractivity contribution in [1.29, 1.82) is 0 Å². The summed E-state index contributed by atoms with van der Waals surface area (Å²) in [7, 11) is -3.90. The minimum atomic E-state index is -3.90. The van der Waals surface area contributed by atoms with E-state index in [-0.39, 0.29) is 21.2 Å². The molecule has 0 spiro atoms.